The summed E-state index contributed by atoms with van der Waals surface area (Å²) in [5, 5.41) is 0. The molecule has 0 aromatic rings. The van der Waals surface area contributed by atoms with E-state index < -0.39 is 0 Å². The fraction of sp³-hybridized carbons (Fsp3) is 0.400. The highest BCUT2D eigenvalue weighted by Gasteiger charge is 2.68. The van der Waals surface area contributed by atoms with Gasteiger partial charge in [0.25, 0.3) is 0 Å². The zero-order valence-corrected chi connectivity index (χ0v) is 6.62. The molecule has 3 rings (SSSR count). The molecule has 0 radical (unpaired) electrons. The van der Waals surface area contributed by atoms with E-state index in [0.717, 1.165) is 0 Å². The van der Waals surface area contributed by atoms with Crippen LogP contribution in [-0.2, 0) is 0 Å². The van der Waals surface area contributed by atoms with Crippen LogP contribution >= 0.6 is 0 Å². The van der Waals surface area contributed by atoms with Crippen molar-refractivity contribution in [2.75, 3.05) is 7.05 Å². The van der Waals surface area contributed by atoms with Crippen LogP contribution in [0.2, 0.25) is 0 Å². The SMILES string of the molecule is CN1C=CC23C=CC=CC12C3. The van der Waals surface area contributed by atoms with E-state index in [0.29, 0.717) is 11.0 Å². The monoisotopic (exact) mass is 145 g/mol. The molecule has 11 heavy (non-hydrogen) atoms. The third kappa shape index (κ3) is 0.408. The average molecular weight is 145 g/mol. The molecule has 0 amide bonds. The van der Waals surface area contributed by atoms with Crippen LogP contribution in [0, 0.1) is 5.41 Å². The van der Waals surface area contributed by atoms with E-state index in [1.165, 1.54) is 6.42 Å². The van der Waals surface area contributed by atoms with Gasteiger partial charge in [-0.3, -0.25) is 0 Å². The summed E-state index contributed by atoms with van der Waals surface area (Å²) in [5.74, 6) is 0. The highest BCUT2D eigenvalue weighted by Crippen LogP contribution is 2.66. The molecule has 0 aromatic carbocycles. The van der Waals surface area contributed by atoms with Crippen molar-refractivity contribution in [1.29, 1.82) is 0 Å². The van der Waals surface area contributed by atoms with Gasteiger partial charge >= 0.3 is 0 Å². The fourth-order valence-electron chi connectivity index (χ4n) is 2.47. The Hall–Kier alpha value is -0.980. The van der Waals surface area contributed by atoms with Gasteiger partial charge in [-0.15, -0.1) is 0 Å². The van der Waals surface area contributed by atoms with E-state index in [1.54, 1.807) is 0 Å². The van der Waals surface area contributed by atoms with Gasteiger partial charge < -0.3 is 4.90 Å². The Kier molecular flexibility index (Phi) is 0.674. The molecule has 1 fully saturated rings. The van der Waals surface area contributed by atoms with Crippen LogP contribution in [0.5, 0.6) is 0 Å². The molecule has 56 valence electrons. The zero-order valence-electron chi connectivity index (χ0n) is 6.62. The maximum absolute atomic E-state index is 2.33. The Bertz CT molecular complexity index is 300. The predicted molar refractivity (Wildman–Crippen MR) is 45.0 cm³/mol. The molecule has 2 unspecified atom stereocenters. The molecule has 0 aromatic heterocycles. The standard InChI is InChI=1S/C10H11N/c1-11-7-6-9-4-2-3-5-10(9,11)8-9/h2-7H,8H2,1H3. The lowest BCUT2D eigenvalue weighted by Crippen LogP contribution is -2.28. The van der Waals surface area contributed by atoms with E-state index in [-0.39, 0.29) is 0 Å². The van der Waals surface area contributed by atoms with Gasteiger partial charge in [0.1, 0.15) is 0 Å². The summed E-state index contributed by atoms with van der Waals surface area (Å²) in [6.45, 7) is 0. The maximum Gasteiger partial charge on any atom is 0.0718 e. The highest BCUT2D eigenvalue weighted by atomic mass is 15.2. The van der Waals surface area contributed by atoms with Crippen molar-refractivity contribution in [3.8, 4) is 0 Å². The molecule has 0 N–H and O–H groups in total. The van der Waals surface area contributed by atoms with Gasteiger partial charge in [0.2, 0.25) is 0 Å². The Morgan fingerprint density at radius 3 is 2.82 bits per heavy atom. The second kappa shape index (κ2) is 1.31. The van der Waals surface area contributed by atoms with Crippen LogP contribution < -0.4 is 0 Å². The van der Waals surface area contributed by atoms with Crippen LogP contribution in [0.25, 0.3) is 0 Å². The van der Waals surface area contributed by atoms with Crippen molar-refractivity contribution in [2.24, 2.45) is 5.41 Å². The van der Waals surface area contributed by atoms with E-state index >= 15 is 0 Å². The van der Waals surface area contributed by atoms with Crippen molar-refractivity contribution in [3.63, 3.8) is 0 Å². The number of rotatable bonds is 0. The largest absolute Gasteiger partial charge is 0.370 e. The molecule has 0 bridgehead atoms. The van der Waals surface area contributed by atoms with Gasteiger partial charge in [-0.1, -0.05) is 30.4 Å². The molecule has 1 saturated carbocycles. The van der Waals surface area contributed by atoms with E-state index in [9.17, 15) is 0 Å². The first-order valence-electron chi connectivity index (χ1n) is 4.09. The summed E-state index contributed by atoms with van der Waals surface area (Å²) in [4.78, 5) is 2.33. The Labute approximate surface area is 66.7 Å². The van der Waals surface area contributed by atoms with E-state index in [2.05, 4.69) is 48.5 Å². The molecule has 1 nitrogen and oxygen atoms in total. The third-order valence-corrected chi connectivity index (χ3v) is 3.34. The minimum absolute atomic E-state index is 0.349. The van der Waals surface area contributed by atoms with E-state index in [4.69, 9.17) is 0 Å². The molecule has 0 saturated heterocycles. The Morgan fingerprint density at radius 1 is 1.18 bits per heavy atom. The van der Waals surface area contributed by atoms with Crippen molar-refractivity contribution in [1.82, 2.24) is 4.90 Å². The molecule has 1 heterocycles. The second-order valence-electron chi connectivity index (χ2n) is 3.79. The van der Waals surface area contributed by atoms with Crippen molar-refractivity contribution >= 4 is 0 Å². The number of hydrogen-bond acceptors (Lipinski definition) is 1. The molecule has 1 heteroatoms. The summed E-state index contributed by atoms with van der Waals surface area (Å²) in [5.41, 5.74) is 0.734. The fourth-order valence-corrected chi connectivity index (χ4v) is 2.47. The highest BCUT2D eigenvalue weighted by molar-refractivity contribution is 5.50. The minimum Gasteiger partial charge on any atom is -0.370 e. The smallest absolute Gasteiger partial charge is 0.0718 e. The van der Waals surface area contributed by atoms with Gasteiger partial charge in [0.15, 0.2) is 0 Å². The molecule has 1 aliphatic heterocycles. The molecular weight excluding hydrogens is 134 g/mol. The average Bonchev–Trinajstić information content (AvgIpc) is 2.63. The second-order valence-corrected chi connectivity index (χ2v) is 3.79. The number of likely N-dealkylation sites (N-methyl/N-ethyl adjacent to an activating group) is 1. The van der Waals surface area contributed by atoms with Crippen molar-refractivity contribution in [3.05, 3.63) is 36.6 Å². The maximum atomic E-state index is 2.33. The molecule has 0 spiro atoms. The molecule has 2 aliphatic carbocycles. The van der Waals surface area contributed by atoms with Gasteiger partial charge in [-0.2, -0.15) is 0 Å². The lowest BCUT2D eigenvalue weighted by atomic mass is 9.97. The first-order chi connectivity index (χ1) is 5.29. The number of nitrogens with zero attached hydrogens (tertiary/aromatic N) is 1. The minimum atomic E-state index is 0.349. The number of hydrogen-bond donors (Lipinski definition) is 0. The summed E-state index contributed by atoms with van der Waals surface area (Å²) in [6, 6.07) is 0. The lowest BCUT2D eigenvalue weighted by Gasteiger charge is -2.23. The van der Waals surface area contributed by atoms with Gasteiger partial charge in [0, 0.05) is 12.5 Å². The zero-order chi connectivity index (χ0) is 7.53. The van der Waals surface area contributed by atoms with Gasteiger partial charge in [0.05, 0.1) is 5.54 Å². The first-order valence-corrected chi connectivity index (χ1v) is 4.09. The normalized spacial score (nSPS) is 49.4. The first kappa shape index (κ1) is 5.64. The third-order valence-electron chi connectivity index (χ3n) is 3.34. The number of allylic oxidation sites excluding steroid dienone is 2. The summed E-state index contributed by atoms with van der Waals surface area (Å²) >= 11 is 0. The quantitative estimate of drug-likeness (QED) is 0.501. The summed E-state index contributed by atoms with van der Waals surface area (Å²) in [6.07, 6.45) is 14.8. The van der Waals surface area contributed by atoms with Crippen LogP contribution in [0.3, 0.4) is 0 Å². The van der Waals surface area contributed by atoms with Crippen molar-refractivity contribution < 1.29 is 0 Å². The molecule has 3 aliphatic rings. The Morgan fingerprint density at radius 2 is 2.00 bits per heavy atom. The predicted octanol–water partition coefficient (Wildman–Crippen LogP) is 1.70. The van der Waals surface area contributed by atoms with Crippen LogP contribution in [-0.4, -0.2) is 17.5 Å². The summed E-state index contributed by atoms with van der Waals surface area (Å²) < 4.78 is 0. The van der Waals surface area contributed by atoms with Crippen molar-refractivity contribution in [2.45, 2.75) is 12.0 Å². The van der Waals surface area contributed by atoms with E-state index in [1.807, 2.05) is 0 Å². The Balaban J connectivity index is 2.17. The van der Waals surface area contributed by atoms with Crippen LogP contribution in [0.15, 0.2) is 36.6 Å². The topological polar surface area (TPSA) is 3.24 Å². The van der Waals surface area contributed by atoms with Gasteiger partial charge in [-0.05, 0) is 12.6 Å². The lowest BCUT2D eigenvalue weighted by molar-refractivity contribution is 0.358. The van der Waals surface area contributed by atoms with Gasteiger partial charge in [-0.25, -0.2) is 0 Å². The molecular formula is C10H11N. The van der Waals surface area contributed by atoms with Crippen LogP contribution in [0.1, 0.15) is 6.42 Å². The van der Waals surface area contributed by atoms with Crippen LogP contribution in [0.4, 0.5) is 0 Å². The summed E-state index contributed by atoms with van der Waals surface area (Å²) in [7, 11) is 2.16. The molecule has 2 atom stereocenters.